The third-order valence-corrected chi connectivity index (χ3v) is 6.05. The Morgan fingerprint density at radius 1 is 1.24 bits per heavy atom. The maximum atomic E-state index is 11.2. The summed E-state index contributed by atoms with van der Waals surface area (Å²) in [7, 11) is 0. The number of nitrogens with zero attached hydrogens (tertiary/aromatic N) is 3. The first-order valence-corrected chi connectivity index (χ1v) is 9.21. The predicted molar refractivity (Wildman–Crippen MR) is 94.6 cm³/mol. The van der Waals surface area contributed by atoms with Crippen LogP contribution in [0.25, 0.3) is 0 Å². The second kappa shape index (κ2) is 6.36. The standard InChI is InChI=1S/C19H27N3O3/c1-2-20-11-19(12-20)13-21(9-16-7-17(23)10-22(16)19)8-14-4-3-5-15(6-14)18(24)25/h3-6,16-17,23H,2,7-13H2,1H3,(H,24,25). The van der Waals surface area contributed by atoms with Crippen LogP contribution in [0.15, 0.2) is 24.3 Å². The van der Waals surface area contributed by atoms with Gasteiger partial charge in [-0.25, -0.2) is 4.79 Å². The van der Waals surface area contributed by atoms with Gasteiger partial charge in [0.15, 0.2) is 0 Å². The molecular weight excluding hydrogens is 318 g/mol. The number of likely N-dealkylation sites (tertiary alicyclic amines) is 1. The molecule has 3 aliphatic rings. The van der Waals surface area contributed by atoms with Crippen molar-refractivity contribution in [3.05, 3.63) is 35.4 Å². The molecule has 4 rings (SSSR count). The van der Waals surface area contributed by atoms with Gasteiger partial charge in [-0.05, 0) is 30.7 Å². The van der Waals surface area contributed by atoms with Crippen molar-refractivity contribution in [3.8, 4) is 0 Å². The van der Waals surface area contributed by atoms with Crippen LogP contribution in [-0.4, -0.2) is 87.8 Å². The minimum absolute atomic E-state index is 0.154. The van der Waals surface area contributed by atoms with E-state index < -0.39 is 5.97 Å². The van der Waals surface area contributed by atoms with E-state index in [0.29, 0.717) is 11.6 Å². The second-order valence-electron chi connectivity index (χ2n) is 7.90. The van der Waals surface area contributed by atoms with Crippen LogP contribution in [0.5, 0.6) is 0 Å². The van der Waals surface area contributed by atoms with Gasteiger partial charge >= 0.3 is 5.97 Å². The lowest BCUT2D eigenvalue weighted by atomic mass is 9.83. The summed E-state index contributed by atoms with van der Waals surface area (Å²) >= 11 is 0. The van der Waals surface area contributed by atoms with Crippen LogP contribution in [0.4, 0.5) is 0 Å². The van der Waals surface area contributed by atoms with Crippen LogP contribution >= 0.6 is 0 Å². The first-order valence-electron chi connectivity index (χ1n) is 9.21. The monoisotopic (exact) mass is 345 g/mol. The molecule has 1 spiro atoms. The molecule has 3 saturated heterocycles. The lowest BCUT2D eigenvalue weighted by Crippen LogP contribution is -2.77. The van der Waals surface area contributed by atoms with E-state index in [1.54, 1.807) is 12.1 Å². The number of aromatic carboxylic acids is 1. The molecule has 1 aromatic carbocycles. The smallest absolute Gasteiger partial charge is 0.335 e. The number of β-amino-alcohol motifs (C(OH)–C–C–N with tert-alkyl or cyclic N) is 1. The molecule has 0 aromatic heterocycles. The van der Waals surface area contributed by atoms with E-state index in [0.717, 1.165) is 57.8 Å². The van der Waals surface area contributed by atoms with E-state index in [1.807, 2.05) is 12.1 Å². The molecule has 0 radical (unpaired) electrons. The van der Waals surface area contributed by atoms with Gasteiger partial charge in [0.25, 0.3) is 0 Å². The average molecular weight is 345 g/mol. The molecular formula is C19H27N3O3. The molecule has 0 saturated carbocycles. The van der Waals surface area contributed by atoms with Crippen LogP contribution in [-0.2, 0) is 6.54 Å². The molecule has 6 nitrogen and oxygen atoms in total. The fraction of sp³-hybridized carbons (Fsp3) is 0.632. The number of carboxylic acids is 1. The molecule has 6 heteroatoms. The number of aliphatic hydroxyl groups is 1. The van der Waals surface area contributed by atoms with Crippen molar-refractivity contribution in [2.75, 3.05) is 39.3 Å². The Bertz CT molecular complexity index is 659. The van der Waals surface area contributed by atoms with Crippen molar-refractivity contribution in [2.24, 2.45) is 0 Å². The van der Waals surface area contributed by atoms with Crippen molar-refractivity contribution in [2.45, 2.75) is 37.6 Å². The van der Waals surface area contributed by atoms with E-state index in [4.69, 9.17) is 0 Å². The molecule has 0 bridgehead atoms. The third-order valence-electron chi connectivity index (χ3n) is 6.05. The Morgan fingerprint density at radius 2 is 2.00 bits per heavy atom. The maximum Gasteiger partial charge on any atom is 0.335 e. The zero-order valence-electron chi connectivity index (χ0n) is 14.8. The van der Waals surface area contributed by atoms with Gasteiger partial charge in [-0.1, -0.05) is 19.1 Å². The van der Waals surface area contributed by atoms with Gasteiger partial charge in [-0.3, -0.25) is 14.7 Å². The number of hydrogen-bond donors (Lipinski definition) is 2. The zero-order valence-corrected chi connectivity index (χ0v) is 14.8. The molecule has 3 heterocycles. The number of benzene rings is 1. The van der Waals surface area contributed by atoms with Crippen LogP contribution in [0, 0.1) is 0 Å². The number of rotatable bonds is 4. The Balaban J connectivity index is 1.51. The summed E-state index contributed by atoms with van der Waals surface area (Å²) in [6.45, 7) is 8.91. The highest BCUT2D eigenvalue weighted by Gasteiger charge is 2.55. The van der Waals surface area contributed by atoms with E-state index in [2.05, 4.69) is 21.6 Å². The van der Waals surface area contributed by atoms with Crippen LogP contribution in [0.3, 0.4) is 0 Å². The molecule has 2 atom stereocenters. The first kappa shape index (κ1) is 17.0. The van der Waals surface area contributed by atoms with E-state index in [-0.39, 0.29) is 11.6 Å². The van der Waals surface area contributed by atoms with Gasteiger partial charge in [0.1, 0.15) is 0 Å². The topological polar surface area (TPSA) is 67.2 Å². The molecule has 25 heavy (non-hydrogen) atoms. The summed E-state index contributed by atoms with van der Waals surface area (Å²) < 4.78 is 0. The lowest BCUT2D eigenvalue weighted by Gasteiger charge is -2.61. The fourth-order valence-electron chi connectivity index (χ4n) is 4.99. The zero-order chi connectivity index (χ0) is 17.6. The average Bonchev–Trinajstić information content (AvgIpc) is 2.92. The van der Waals surface area contributed by atoms with Crippen molar-refractivity contribution in [1.29, 1.82) is 0 Å². The number of carboxylic acid groups (broad SMARTS) is 1. The summed E-state index contributed by atoms with van der Waals surface area (Å²) in [5, 5.41) is 19.4. The quantitative estimate of drug-likeness (QED) is 0.838. The van der Waals surface area contributed by atoms with E-state index in [9.17, 15) is 15.0 Å². The Morgan fingerprint density at radius 3 is 2.72 bits per heavy atom. The highest BCUT2D eigenvalue weighted by Crippen LogP contribution is 2.39. The number of fused-ring (bicyclic) bond motifs is 2. The van der Waals surface area contributed by atoms with Gasteiger partial charge in [0, 0.05) is 45.3 Å². The van der Waals surface area contributed by atoms with E-state index in [1.165, 1.54) is 0 Å². The minimum atomic E-state index is -0.875. The molecule has 2 unspecified atom stereocenters. The first-order chi connectivity index (χ1) is 12.0. The van der Waals surface area contributed by atoms with Gasteiger partial charge < -0.3 is 10.2 Å². The van der Waals surface area contributed by atoms with Crippen molar-refractivity contribution >= 4 is 5.97 Å². The Hall–Kier alpha value is -1.47. The molecule has 3 aliphatic heterocycles. The molecule has 0 aliphatic carbocycles. The van der Waals surface area contributed by atoms with Crippen LogP contribution < -0.4 is 0 Å². The van der Waals surface area contributed by atoms with Crippen LogP contribution in [0.1, 0.15) is 29.3 Å². The number of aliphatic hydroxyl groups excluding tert-OH is 1. The number of hydrogen-bond acceptors (Lipinski definition) is 5. The van der Waals surface area contributed by atoms with Gasteiger partial charge in [-0.2, -0.15) is 0 Å². The van der Waals surface area contributed by atoms with Crippen molar-refractivity contribution in [3.63, 3.8) is 0 Å². The Labute approximate surface area is 148 Å². The van der Waals surface area contributed by atoms with Gasteiger partial charge in [0.05, 0.1) is 17.2 Å². The van der Waals surface area contributed by atoms with Crippen molar-refractivity contribution < 1.29 is 15.0 Å². The number of likely N-dealkylation sites (N-methyl/N-ethyl adjacent to an activating group) is 1. The normalized spacial score (nSPS) is 29.5. The predicted octanol–water partition coefficient (Wildman–Crippen LogP) is 0.710. The van der Waals surface area contributed by atoms with Crippen LogP contribution in [0.2, 0.25) is 0 Å². The highest BCUT2D eigenvalue weighted by molar-refractivity contribution is 5.87. The fourth-order valence-corrected chi connectivity index (χ4v) is 4.99. The van der Waals surface area contributed by atoms with E-state index >= 15 is 0 Å². The largest absolute Gasteiger partial charge is 0.478 e. The second-order valence-corrected chi connectivity index (χ2v) is 7.90. The lowest BCUT2D eigenvalue weighted by molar-refractivity contribution is -0.113. The summed E-state index contributed by atoms with van der Waals surface area (Å²) in [4.78, 5) is 18.7. The molecule has 0 amide bonds. The summed E-state index contributed by atoms with van der Waals surface area (Å²) in [5.41, 5.74) is 1.55. The summed E-state index contributed by atoms with van der Waals surface area (Å²) in [5.74, 6) is -0.875. The van der Waals surface area contributed by atoms with Crippen molar-refractivity contribution in [1.82, 2.24) is 14.7 Å². The highest BCUT2D eigenvalue weighted by atomic mass is 16.4. The molecule has 2 N–H and O–H groups in total. The number of piperazine rings is 1. The molecule has 3 fully saturated rings. The molecule has 136 valence electrons. The summed E-state index contributed by atoms with van der Waals surface area (Å²) in [6.07, 6.45) is 0.632. The van der Waals surface area contributed by atoms with Gasteiger partial charge in [-0.15, -0.1) is 0 Å². The third kappa shape index (κ3) is 3.08. The molecule has 1 aromatic rings. The SMILES string of the molecule is CCN1CC2(CN(Cc3cccc(C(=O)O)c3)CC3CC(O)CN32)C1. The number of carbonyl (C=O) groups is 1. The minimum Gasteiger partial charge on any atom is -0.478 e. The Kier molecular flexibility index (Phi) is 4.32. The van der Waals surface area contributed by atoms with Gasteiger partial charge in [0.2, 0.25) is 0 Å². The maximum absolute atomic E-state index is 11.2. The summed E-state index contributed by atoms with van der Waals surface area (Å²) in [6, 6.07) is 7.67.